The Morgan fingerprint density at radius 3 is 1.76 bits per heavy atom. The highest BCUT2D eigenvalue weighted by atomic mass is 19.4. The van der Waals surface area contributed by atoms with Gasteiger partial charge in [-0.25, -0.2) is 9.59 Å². The molecule has 0 aliphatic rings. The molecule has 0 heterocycles. The number of rotatable bonds is 16. The SMILES string of the molecule is CCOC(Cc1ccc(OCCN(CC(F)(F)C(F)(F)C(F)(F)C(F)(F)C(F)(F)C(F)(F)F)C(=O)Nc2c(C)cc(C)cc2C)cc1)C(=O)O. The minimum Gasteiger partial charge on any atom is -0.492 e. The third kappa shape index (κ3) is 8.66. The van der Waals surface area contributed by atoms with Crippen LogP contribution in [-0.4, -0.2) is 90.2 Å². The van der Waals surface area contributed by atoms with Crippen molar-refractivity contribution in [3.05, 3.63) is 58.7 Å². The number of benzene rings is 2. The van der Waals surface area contributed by atoms with Crippen LogP contribution in [-0.2, 0) is 16.0 Å². The van der Waals surface area contributed by atoms with E-state index in [9.17, 15) is 71.8 Å². The van der Waals surface area contributed by atoms with Crippen molar-refractivity contribution in [3.63, 3.8) is 0 Å². The number of carboxylic acid groups (broad SMARTS) is 1. The van der Waals surface area contributed by atoms with Gasteiger partial charge < -0.3 is 24.8 Å². The van der Waals surface area contributed by atoms with Gasteiger partial charge in [-0.1, -0.05) is 29.8 Å². The smallest absolute Gasteiger partial charge is 0.460 e. The van der Waals surface area contributed by atoms with Gasteiger partial charge in [0, 0.05) is 18.7 Å². The number of carbonyl (C=O) groups excluding carboxylic acids is 1. The molecule has 0 saturated carbocycles. The molecule has 50 heavy (non-hydrogen) atoms. The van der Waals surface area contributed by atoms with Gasteiger partial charge in [-0.2, -0.15) is 57.1 Å². The Morgan fingerprint density at radius 1 is 0.800 bits per heavy atom. The van der Waals surface area contributed by atoms with Gasteiger partial charge in [0.15, 0.2) is 6.10 Å². The van der Waals surface area contributed by atoms with Crippen LogP contribution < -0.4 is 10.1 Å². The summed E-state index contributed by atoms with van der Waals surface area (Å²) in [7, 11) is 0. The first-order chi connectivity index (χ1) is 22.6. The van der Waals surface area contributed by atoms with E-state index < -0.39 is 73.6 Å². The Bertz CT molecular complexity index is 1480. The molecule has 0 aromatic heterocycles. The fourth-order valence-corrected chi connectivity index (χ4v) is 4.58. The lowest BCUT2D eigenvalue weighted by atomic mass is 9.93. The lowest BCUT2D eigenvalue weighted by molar-refractivity contribution is -0.439. The molecular formula is C30H31F13N2O5. The van der Waals surface area contributed by atoms with Crippen LogP contribution in [0.2, 0.25) is 0 Å². The van der Waals surface area contributed by atoms with Gasteiger partial charge in [-0.05, 0) is 56.5 Å². The van der Waals surface area contributed by atoms with Crippen molar-refractivity contribution in [2.45, 2.75) is 76.0 Å². The number of carbonyl (C=O) groups is 2. The number of hydrogen-bond acceptors (Lipinski definition) is 4. The predicted molar refractivity (Wildman–Crippen MR) is 151 cm³/mol. The second kappa shape index (κ2) is 15.1. The molecule has 0 aliphatic carbocycles. The van der Waals surface area contributed by atoms with Crippen LogP contribution in [0.4, 0.5) is 67.6 Å². The van der Waals surface area contributed by atoms with E-state index in [0.717, 1.165) is 0 Å². The molecule has 2 aromatic carbocycles. The number of ether oxygens (including phenoxy) is 2. The average molecular weight is 747 g/mol. The normalized spacial score (nSPS) is 13.9. The summed E-state index contributed by atoms with van der Waals surface area (Å²) in [6, 6.07) is 6.42. The maximum Gasteiger partial charge on any atom is 0.460 e. The standard InChI is InChI=1S/C30H31F13N2O5/c1-5-49-21(23(46)47)14-19-6-8-20(9-7-19)50-11-10-45(24(48)44-22-17(3)12-16(2)13-18(22)4)15-25(31,32)26(33,34)27(35,36)28(37,38)29(39,40)30(41,42)43/h6-9,12-13,21H,5,10-11,14-15H2,1-4H3,(H,44,48)(H,46,47). The summed E-state index contributed by atoms with van der Waals surface area (Å²) in [5.74, 6) is -39.5. The number of nitrogens with one attached hydrogen (secondary N) is 1. The Balaban J connectivity index is 2.41. The van der Waals surface area contributed by atoms with E-state index in [1.807, 2.05) is 0 Å². The van der Waals surface area contributed by atoms with Gasteiger partial charge in [-0.15, -0.1) is 0 Å². The molecule has 0 radical (unpaired) electrons. The molecule has 0 fully saturated rings. The molecule has 7 nitrogen and oxygen atoms in total. The number of aryl methyl sites for hydroxylation is 3. The number of urea groups is 1. The molecule has 0 bridgehead atoms. The Labute approximate surface area is 276 Å². The number of nitrogens with zero attached hydrogens (tertiary/aromatic N) is 1. The third-order valence-corrected chi connectivity index (χ3v) is 7.20. The first kappa shape index (κ1) is 42.2. The summed E-state index contributed by atoms with van der Waals surface area (Å²) < 4.78 is 189. The lowest BCUT2D eigenvalue weighted by Crippen LogP contribution is -2.71. The third-order valence-electron chi connectivity index (χ3n) is 7.20. The minimum absolute atomic E-state index is 0.0782. The quantitative estimate of drug-likeness (QED) is 0.169. The zero-order valence-electron chi connectivity index (χ0n) is 26.5. The second-order valence-electron chi connectivity index (χ2n) is 11.1. The molecule has 2 aromatic rings. The van der Waals surface area contributed by atoms with Gasteiger partial charge in [0.05, 0.1) is 13.1 Å². The van der Waals surface area contributed by atoms with Crippen LogP contribution in [0.25, 0.3) is 0 Å². The van der Waals surface area contributed by atoms with E-state index in [-0.39, 0.29) is 29.4 Å². The molecule has 0 spiro atoms. The van der Waals surface area contributed by atoms with Gasteiger partial charge in [-0.3, -0.25) is 0 Å². The van der Waals surface area contributed by atoms with Crippen LogP contribution in [0, 0.1) is 20.8 Å². The largest absolute Gasteiger partial charge is 0.492 e. The highest BCUT2D eigenvalue weighted by molar-refractivity contribution is 5.91. The van der Waals surface area contributed by atoms with Crippen LogP contribution in [0.1, 0.15) is 29.2 Å². The number of aliphatic carboxylic acids is 1. The predicted octanol–water partition coefficient (Wildman–Crippen LogP) is 8.30. The molecule has 2 rings (SSSR count). The molecule has 1 unspecified atom stereocenters. The van der Waals surface area contributed by atoms with Gasteiger partial charge >= 0.3 is 47.8 Å². The van der Waals surface area contributed by atoms with E-state index >= 15 is 0 Å². The minimum atomic E-state index is -8.09. The van der Waals surface area contributed by atoms with E-state index in [2.05, 4.69) is 5.32 Å². The van der Waals surface area contributed by atoms with Crippen molar-refractivity contribution >= 4 is 17.7 Å². The van der Waals surface area contributed by atoms with E-state index in [4.69, 9.17) is 9.47 Å². The van der Waals surface area contributed by atoms with Crippen molar-refractivity contribution < 1.29 is 81.2 Å². The summed E-state index contributed by atoms with van der Waals surface area (Å²) in [6.45, 7) is 1.16. The molecule has 1 atom stereocenters. The maximum atomic E-state index is 14.9. The average Bonchev–Trinajstić information content (AvgIpc) is 2.97. The van der Waals surface area contributed by atoms with Crippen molar-refractivity contribution in [1.29, 1.82) is 0 Å². The van der Waals surface area contributed by atoms with Gasteiger partial charge in [0.25, 0.3) is 0 Å². The van der Waals surface area contributed by atoms with Crippen LogP contribution >= 0.6 is 0 Å². The topological polar surface area (TPSA) is 88.1 Å². The summed E-state index contributed by atoms with van der Waals surface area (Å²) in [4.78, 5) is 24.0. The van der Waals surface area contributed by atoms with Crippen LogP contribution in [0.15, 0.2) is 36.4 Å². The number of alkyl halides is 13. The Morgan fingerprint density at radius 2 is 1.30 bits per heavy atom. The molecule has 2 N–H and O–H groups in total. The number of amides is 2. The van der Waals surface area contributed by atoms with Crippen LogP contribution in [0.3, 0.4) is 0 Å². The van der Waals surface area contributed by atoms with Crippen LogP contribution in [0.5, 0.6) is 5.75 Å². The summed E-state index contributed by atoms with van der Waals surface area (Å²) in [5.41, 5.74) is 1.57. The number of anilines is 1. The molecule has 20 heteroatoms. The molecule has 0 saturated heterocycles. The summed E-state index contributed by atoms with van der Waals surface area (Å²) in [5, 5.41) is 11.3. The monoisotopic (exact) mass is 746 g/mol. The van der Waals surface area contributed by atoms with Gasteiger partial charge in [0.1, 0.15) is 12.4 Å². The molecular weight excluding hydrogens is 715 g/mol. The number of halogens is 13. The van der Waals surface area contributed by atoms with Crippen molar-refractivity contribution in [1.82, 2.24) is 4.90 Å². The summed E-state index contributed by atoms with van der Waals surface area (Å²) >= 11 is 0. The second-order valence-corrected chi connectivity index (χ2v) is 11.1. The fourth-order valence-electron chi connectivity index (χ4n) is 4.58. The van der Waals surface area contributed by atoms with Gasteiger partial charge in [0.2, 0.25) is 0 Å². The number of carboxylic acids is 1. The van der Waals surface area contributed by atoms with E-state index in [0.29, 0.717) is 22.3 Å². The molecule has 2 amide bonds. The Kier molecular flexibility index (Phi) is 12.7. The lowest BCUT2D eigenvalue weighted by Gasteiger charge is -2.40. The van der Waals surface area contributed by atoms with E-state index in [1.54, 1.807) is 13.8 Å². The highest BCUT2D eigenvalue weighted by Crippen LogP contribution is 2.60. The zero-order chi connectivity index (χ0) is 38.7. The molecule has 0 aliphatic heterocycles. The fraction of sp³-hybridized carbons (Fsp3) is 0.533. The zero-order valence-corrected chi connectivity index (χ0v) is 26.5. The molecule has 282 valence electrons. The first-order valence-electron chi connectivity index (χ1n) is 14.3. The number of hydrogen-bond donors (Lipinski definition) is 2. The maximum absolute atomic E-state index is 14.9. The van der Waals surface area contributed by atoms with Crippen molar-refractivity contribution in [2.75, 3.05) is 31.6 Å². The van der Waals surface area contributed by atoms with Crippen molar-refractivity contribution in [2.24, 2.45) is 0 Å². The highest BCUT2D eigenvalue weighted by Gasteiger charge is 2.90. The summed E-state index contributed by atoms with van der Waals surface area (Å²) in [6.07, 6.45) is -8.87. The first-order valence-corrected chi connectivity index (χ1v) is 14.3. The Hall–Kier alpha value is -3.97. The van der Waals surface area contributed by atoms with Crippen molar-refractivity contribution in [3.8, 4) is 5.75 Å². The van der Waals surface area contributed by atoms with E-state index in [1.165, 1.54) is 50.2 Å².